The second-order valence-corrected chi connectivity index (χ2v) is 5.64. The van der Waals surface area contributed by atoms with Crippen molar-refractivity contribution in [2.24, 2.45) is 5.73 Å². The van der Waals surface area contributed by atoms with E-state index in [1.54, 1.807) is 7.11 Å². The maximum Gasteiger partial charge on any atom is 0.0462 e. The van der Waals surface area contributed by atoms with Crippen molar-refractivity contribution in [3.63, 3.8) is 0 Å². The van der Waals surface area contributed by atoms with Crippen LogP contribution >= 0.6 is 11.8 Å². The van der Waals surface area contributed by atoms with Crippen LogP contribution in [-0.2, 0) is 4.74 Å². The third-order valence-electron chi connectivity index (χ3n) is 2.90. The second kappa shape index (κ2) is 5.23. The first-order chi connectivity index (χ1) is 6.19. The molecule has 0 amide bonds. The van der Waals surface area contributed by atoms with Crippen molar-refractivity contribution >= 4 is 11.8 Å². The summed E-state index contributed by atoms with van der Waals surface area (Å²) >= 11 is 2.05. The molecule has 2 N–H and O–H groups in total. The summed E-state index contributed by atoms with van der Waals surface area (Å²) < 4.78 is 5.37. The Morgan fingerprint density at radius 3 is 2.92 bits per heavy atom. The van der Waals surface area contributed by atoms with Crippen molar-refractivity contribution < 1.29 is 4.74 Å². The Hall–Kier alpha value is 0.270. The number of hydrogen-bond acceptors (Lipinski definition) is 3. The average molecular weight is 203 g/mol. The Kier molecular flexibility index (Phi) is 4.56. The van der Waals surface area contributed by atoms with Gasteiger partial charge in [0.25, 0.3) is 0 Å². The quantitative estimate of drug-likeness (QED) is 0.694. The van der Waals surface area contributed by atoms with Gasteiger partial charge >= 0.3 is 0 Å². The maximum atomic E-state index is 6.18. The summed E-state index contributed by atoms with van der Waals surface area (Å²) in [6.07, 6.45) is 4.80. The molecule has 0 aromatic heterocycles. The van der Waals surface area contributed by atoms with Crippen molar-refractivity contribution in [3.8, 4) is 0 Å². The number of rotatable bonds is 5. The lowest BCUT2D eigenvalue weighted by Crippen LogP contribution is -2.41. The van der Waals surface area contributed by atoms with Crippen LogP contribution in [0.2, 0.25) is 0 Å². The molecule has 13 heavy (non-hydrogen) atoms. The predicted molar refractivity (Wildman–Crippen MR) is 59.2 cm³/mol. The van der Waals surface area contributed by atoms with Gasteiger partial charge in [0, 0.05) is 24.5 Å². The zero-order chi connectivity index (χ0) is 9.73. The molecule has 0 aromatic rings. The molecule has 0 spiro atoms. The molecule has 1 heterocycles. The lowest BCUT2D eigenvalue weighted by Gasteiger charge is -2.30. The van der Waals surface area contributed by atoms with Crippen LogP contribution in [0.3, 0.4) is 0 Å². The van der Waals surface area contributed by atoms with Gasteiger partial charge in [0.15, 0.2) is 0 Å². The molecule has 1 aliphatic rings. The van der Waals surface area contributed by atoms with Crippen molar-refractivity contribution in [1.82, 2.24) is 0 Å². The van der Waals surface area contributed by atoms with E-state index in [0.29, 0.717) is 10.8 Å². The Bertz CT molecular complexity index is 146. The van der Waals surface area contributed by atoms with Crippen molar-refractivity contribution in [1.29, 1.82) is 0 Å². The lowest BCUT2D eigenvalue weighted by atomic mass is 9.93. The Labute approximate surface area is 85.6 Å². The highest BCUT2D eigenvalue weighted by molar-refractivity contribution is 8.00. The molecule has 1 saturated heterocycles. The standard InChI is InChI=1S/C10H21NOS/c1-10(6-4-8-13-10)9(11)5-3-7-12-2/h9H,3-8,11H2,1-2H3. The van der Waals surface area contributed by atoms with Crippen LogP contribution in [0.5, 0.6) is 0 Å². The molecule has 0 radical (unpaired) electrons. The summed E-state index contributed by atoms with van der Waals surface area (Å²) in [4.78, 5) is 0. The highest BCUT2D eigenvalue weighted by Crippen LogP contribution is 2.40. The molecule has 1 rings (SSSR count). The normalized spacial score (nSPS) is 30.7. The van der Waals surface area contributed by atoms with Crippen molar-refractivity contribution in [2.75, 3.05) is 19.5 Å². The predicted octanol–water partition coefficient (Wildman–Crippen LogP) is 2.03. The lowest BCUT2D eigenvalue weighted by molar-refractivity contribution is 0.188. The van der Waals surface area contributed by atoms with E-state index in [1.807, 2.05) is 11.8 Å². The molecule has 2 nitrogen and oxygen atoms in total. The van der Waals surface area contributed by atoms with Crippen molar-refractivity contribution in [2.45, 2.75) is 43.4 Å². The zero-order valence-corrected chi connectivity index (χ0v) is 9.53. The van der Waals surface area contributed by atoms with Gasteiger partial charge < -0.3 is 10.5 Å². The molecule has 1 aliphatic heterocycles. The molecular weight excluding hydrogens is 182 g/mol. The molecule has 0 aliphatic carbocycles. The average Bonchev–Trinajstić information content (AvgIpc) is 2.54. The second-order valence-electron chi connectivity index (χ2n) is 4.01. The number of nitrogens with two attached hydrogens (primary N) is 1. The van der Waals surface area contributed by atoms with Gasteiger partial charge in [0.2, 0.25) is 0 Å². The fraction of sp³-hybridized carbons (Fsp3) is 1.00. The van der Waals surface area contributed by atoms with Gasteiger partial charge in [0.05, 0.1) is 0 Å². The van der Waals surface area contributed by atoms with Gasteiger partial charge in [-0.2, -0.15) is 11.8 Å². The van der Waals surface area contributed by atoms with Gasteiger partial charge in [-0.05, 0) is 38.4 Å². The SMILES string of the molecule is COCCCC(N)C1(C)CCCS1. The van der Waals surface area contributed by atoms with Gasteiger partial charge in [0.1, 0.15) is 0 Å². The number of hydrogen-bond donors (Lipinski definition) is 1. The number of methoxy groups -OCH3 is 1. The van der Waals surface area contributed by atoms with Crippen LogP contribution in [0.4, 0.5) is 0 Å². The Morgan fingerprint density at radius 2 is 2.38 bits per heavy atom. The molecule has 0 saturated carbocycles. The molecule has 2 unspecified atom stereocenters. The van der Waals surface area contributed by atoms with Crippen LogP contribution in [0.1, 0.15) is 32.6 Å². The van der Waals surface area contributed by atoms with Crippen LogP contribution in [-0.4, -0.2) is 30.3 Å². The molecule has 2 atom stereocenters. The first kappa shape index (κ1) is 11.3. The molecule has 1 fully saturated rings. The van der Waals surface area contributed by atoms with Gasteiger partial charge in [-0.25, -0.2) is 0 Å². The first-order valence-corrected chi connectivity index (χ1v) is 6.06. The highest BCUT2D eigenvalue weighted by atomic mass is 32.2. The monoisotopic (exact) mass is 203 g/mol. The minimum absolute atomic E-state index is 0.341. The maximum absolute atomic E-state index is 6.18. The fourth-order valence-electron chi connectivity index (χ4n) is 1.85. The summed E-state index contributed by atoms with van der Waals surface area (Å²) in [5, 5.41) is 0. The van der Waals surface area contributed by atoms with Crippen LogP contribution in [0.15, 0.2) is 0 Å². The van der Waals surface area contributed by atoms with E-state index in [1.165, 1.54) is 18.6 Å². The van der Waals surface area contributed by atoms with E-state index in [2.05, 4.69) is 6.92 Å². The van der Waals surface area contributed by atoms with Crippen molar-refractivity contribution in [3.05, 3.63) is 0 Å². The van der Waals surface area contributed by atoms with E-state index < -0.39 is 0 Å². The summed E-state index contributed by atoms with van der Waals surface area (Å²) in [5.41, 5.74) is 6.18. The topological polar surface area (TPSA) is 35.2 Å². The van der Waals surface area contributed by atoms with Crippen LogP contribution in [0, 0.1) is 0 Å². The Balaban J connectivity index is 2.24. The largest absolute Gasteiger partial charge is 0.385 e. The van der Waals surface area contributed by atoms with Gasteiger partial charge in [-0.1, -0.05) is 0 Å². The third-order valence-corrected chi connectivity index (χ3v) is 4.56. The summed E-state index contributed by atoms with van der Waals surface area (Å²) in [6.45, 7) is 3.15. The van der Waals surface area contributed by atoms with E-state index in [-0.39, 0.29) is 0 Å². The third kappa shape index (κ3) is 3.15. The zero-order valence-electron chi connectivity index (χ0n) is 8.71. The molecule has 78 valence electrons. The van der Waals surface area contributed by atoms with E-state index in [0.717, 1.165) is 19.4 Å². The van der Waals surface area contributed by atoms with Gasteiger partial charge in [-0.3, -0.25) is 0 Å². The number of thioether (sulfide) groups is 1. The molecule has 3 heteroatoms. The molecule has 0 aromatic carbocycles. The van der Waals surface area contributed by atoms with Gasteiger partial charge in [-0.15, -0.1) is 0 Å². The number of ether oxygens (including phenoxy) is 1. The van der Waals surface area contributed by atoms with E-state index >= 15 is 0 Å². The summed E-state index contributed by atoms with van der Waals surface area (Å²) in [5.74, 6) is 1.29. The fourth-order valence-corrected chi connectivity index (χ4v) is 3.22. The smallest absolute Gasteiger partial charge is 0.0462 e. The van der Waals surface area contributed by atoms with E-state index in [9.17, 15) is 0 Å². The minimum Gasteiger partial charge on any atom is -0.385 e. The molecule has 0 bridgehead atoms. The van der Waals surface area contributed by atoms with Crippen LogP contribution < -0.4 is 5.73 Å². The highest BCUT2D eigenvalue weighted by Gasteiger charge is 2.34. The minimum atomic E-state index is 0.341. The molecular formula is C10H21NOS. The summed E-state index contributed by atoms with van der Waals surface area (Å²) in [7, 11) is 1.75. The summed E-state index contributed by atoms with van der Waals surface area (Å²) in [6, 6.07) is 0.343. The Morgan fingerprint density at radius 1 is 1.62 bits per heavy atom. The first-order valence-electron chi connectivity index (χ1n) is 5.07. The van der Waals surface area contributed by atoms with E-state index in [4.69, 9.17) is 10.5 Å². The van der Waals surface area contributed by atoms with Crippen LogP contribution in [0.25, 0.3) is 0 Å².